The summed E-state index contributed by atoms with van der Waals surface area (Å²) >= 11 is 52.1. The Morgan fingerprint density at radius 1 is 0.348 bits per heavy atom. The van der Waals surface area contributed by atoms with E-state index in [1.807, 2.05) is 0 Å². The Morgan fingerprint density at radius 2 is 0.609 bits per heavy atom. The quantitative estimate of drug-likeness (QED) is 0.250. The monoisotopic (exact) mass is 1280 g/mol. The molecule has 0 saturated carbocycles. The molecule has 139 valence electrons. The predicted molar refractivity (Wildman–Crippen MR) is 154 cm³/mol. The number of halogens is 15. The summed E-state index contributed by atoms with van der Waals surface area (Å²) in [5, 5.41) is 13.3. The second-order valence-corrected chi connectivity index (χ2v) is 32.3. The van der Waals surface area contributed by atoms with Crippen LogP contribution in [0.2, 0.25) is 0 Å². The zero-order chi connectivity index (χ0) is 19.5. The van der Waals surface area contributed by atoms with Gasteiger partial charge in [-0.05, 0) is 15.9 Å². The maximum atomic E-state index is 13.3. The van der Waals surface area contributed by atoms with Crippen LogP contribution in [0.4, 0.5) is 0 Å². The van der Waals surface area contributed by atoms with Crippen molar-refractivity contribution in [3.63, 3.8) is 0 Å². The van der Waals surface area contributed by atoms with Gasteiger partial charge >= 0.3 is 0 Å². The number of hydrogen-bond donors (Lipinski definition) is 0. The van der Waals surface area contributed by atoms with Gasteiger partial charge in [-0.1, -0.05) is 223 Å². The molecule has 0 aliphatic heterocycles. The van der Waals surface area contributed by atoms with Crippen LogP contribution in [0.5, 0.6) is 0 Å². The van der Waals surface area contributed by atoms with Crippen LogP contribution in [0.25, 0.3) is 0 Å². The molecule has 0 N–H and O–H groups in total. The van der Waals surface area contributed by atoms with Crippen molar-refractivity contribution < 1.29 is 5.11 Å². The van der Waals surface area contributed by atoms with Crippen molar-refractivity contribution in [2.75, 3.05) is 0 Å². The lowest BCUT2D eigenvalue weighted by molar-refractivity contribution is 0.0644. The first-order valence-electron chi connectivity index (χ1n) is 4.54. The molecule has 0 aliphatic carbocycles. The summed E-state index contributed by atoms with van der Waals surface area (Å²) in [5.41, 5.74) is 0. The van der Waals surface area contributed by atoms with E-state index in [0.29, 0.717) is 0 Å². The molecule has 1 unspecified atom stereocenters. The van der Waals surface area contributed by atoms with Gasteiger partial charge in [0.15, 0.2) is 7.52 Å². The summed E-state index contributed by atoms with van der Waals surface area (Å²) in [5.74, 6) is 0. The molecule has 1 radical (unpaired) electrons. The van der Waals surface area contributed by atoms with Crippen LogP contribution in [0, 0.1) is 0 Å². The van der Waals surface area contributed by atoms with Gasteiger partial charge in [0.05, 0.1) is 0 Å². The molecule has 0 amide bonds. The van der Waals surface area contributed by atoms with E-state index in [1.165, 1.54) is 0 Å². The van der Waals surface area contributed by atoms with Crippen LogP contribution in [-0.2, 0) is 5.11 Å². The van der Waals surface area contributed by atoms with Crippen molar-refractivity contribution in [3.05, 3.63) is 0 Å². The largest absolute Gasteiger partial charge is 0.219 e. The molecule has 23 heavy (non-hydrogen) atoms. The van der Waals surface area contributed by atoms with Gasteiger partial charge in [-0.25, -0.2) is 5.11 Å². The molecular formula is C7Br15O. The minimum Gasteiger partial charge on any atom is -0.211 e. The lowest BCUT2D eigenvalue weighted by Gasteiger charge is -2.54. The molecule has 0 aromatic rings. The Kier molecular flexibility index (Phi) is 12.5. The molecule has 0 bridgehead atoms. The average molecular weight is 1300 g/mol. The molecule has 0 fully saturated rings. The first-order valence-corrected chi connectivity index (χ1v) is 16.4. The molecule has 0 aromatic carbocycles. The van der Waals surface area contributed by atoms with Crippen LogP contribution in [0.15, 0.2) is 0 Å². The van der Waals surface area contributed by atoms with E-state index in [1.54, 1.807) is 0 Å². The molecular weight excluding hydrogens is 1300 g/mol. The SMILES string of the molecule is [O]C(Br)(C(Br)(Br)Br)C(Br)(Br)C(Br)(Br)C(Br)(Br)C(Br)(Br)C(Br)(Br)Br. The van der Waals surface area contributed by atoms with Crippen molar-refractivity contribution in [2.24, 2.45) is 0 Å². The van der Waals surface area contributed by atoms with Crippen molar-refractivity contribution in [3.8, 4) is 0 Å². The van der Waals surface area contributed by atoms with E-state index in [0.717, 1.165) is 0 Å². The fourth-order valence-electron chi connectivity index (χ4n) is 0.952. The maximum Gasteiger partial charge on any atom is 0.219 e. The molecule has 0 aromatic heterocycles. The summed E-state index contributed by atoms with van der Waals surface area (Å²) in [6, 6.07) is 0. The van der Waals surface area contributed by atoms with E-state index in [4.69, 9.17) is 0 Å². The first-order chi connectivity index (χ1) is 9.50. The first kappa shape index (κ1) is 30.2. The van der Waals surface area contributed by atoms with Crippen LogP contribution in [0.1, 0.15) is 0 Å². The molecule has 0 spiro atoms. The third-order valence-electron chi connectivity index (χ3n) is 2.31. The van der Waals surface area contributed by atoms with E-state index >= 15 is 0 Å². The van der Waals surface area contributed by atoms with Gasteiger partial charge in [0.2, 0.25) is 4.51 Å². The van der Waals surface area contributed by atoms with E-state index in [-0.39, 0.29) is 0 Å². The highest BCUT2D eigenvalue weighted by atomic mass is 80.0. The number of rotatable bonds is 4. The lowest BCUT2D eigenvalue weighted by atomic mass is 10.1. The summed E-state index contributed by atoms with van der Waals surface area (Å²) < 4.78 is -8.40. The minimum absolute atomic E-state index is 0.817. The van der Waals surface area contributed by atoms with Crippen LogP contribution in [0.3, 0.4) is 0 Å². The number of alkyl halides is 15. The highest BCUT2D eigenvalue weighted by Crippen LogP contribution is 2.75. The summed E-state index contributed by atoms with van der Waals surface area (Å²) in [6.07, 6.45) is 0. The van der Waals surface area contributed by atoms with Gasteiger partial charge in [-0.2, -0.15) is 0 Å². The van der Waals surface area contributed by atoms with Gasteiger partial charge in [-0.15, -0.1) is 0 Å². The lowest BCUT2D eigenvalue weighted by Crippen LogP contribution is -2.66. The average Bonchev–Trinajstić information content (AvgIpc) is 2.24. The Hall–Kier alpha value is 7.16. The van der Waals surface area contributed by atoms with Crippen molar-refractivity contribution >= 4 is 239 Å². The summed E-state index contributed by atoms with van der Waals surface area (Å²) in [6.45, 7) is 0. The smallest absolute Gasteiger partial charge is 0.211 e. The van der Waals surface area contributed by atoms with Crippen LogP contribution < -0.4 is 0 Å². The van der Waals surface area contributed by atoms with E-state index in [2.05, 4.69) is 239 Å². The normalized spacial score (nSPS) is 18.8. The Labute approximate surface area is 260 Å². The zero-order valence-electron chi connectivity index (χ0n) is 9.58. The second-order valence-electron chi connectivity index (χ2n) is 3.89. The molecule has 16 heteroatoms. The second kappa shape index (κ2) is 9.57. The van der Waals surface area contributed by atoms with Crippen LogP contribution in [-0.4, -0.2) is 21.7 Å². The Bertz CT molecular complexity index is 400. The molecule has 0 heterocycles. The Morgan fingerprint density at radius 3 is 0.826 bits per heavy atom. The minimum atomic E-state index is -1.88. The molecule has 0 aliphatic rings. The molecule has 1 atom stereocenters. The van der Waals surface area contributed by atoms with E-state index < -0.39 is 21.7 Å². The maximum absolute atomic E-state index is 13.3. The highest BCUT2D eigenvalue weighted by molar-refractivity contribution is 9.42. The van der Waals surface area contributed by atoms with Crippen LogP contribution >= 0.6 is 239 Å². The molecule has 0 saturated heterocycles. The standard InChI is InChI=1S/C7Br15O/c8-1(9,2(10,11)4(14,15)6(17,18)19)3(12,13)5(16,23)7(20,21)22. The topological polar surface area (TPSA) is 19.9 Å². The van der Waals surface area contributed by atoms with Gasteiger partial charge in [0, 0.05) is 0 Å². The molecule has 0 rings (SSSR count). The van der Waals surface area contributed by atoms with Crippen molar-refractivity contribution in [1.82, 2.24) is 0 Å². The van der Waals surface area contributed by atoms with Gasteiger partial charge < -0.3 is 0 Å². The van der Waals surface area contributed by atoms with Gasteiger partial charge in [-0.3, -0.25) is 0 Å². The summed E-state index contributed by atoms with van der Waals surface area (Å²) in [7, 11) is 0. The number of hydrogen-bond acceptors (Lipinski definition) is 0. The fourth-order valence-corrected chi connectivity index (χ4v) is 13.0. The third-order valence-corrected chi connectivity index (χ3v) is 28.6. The Balaban J connectivity index is 6.37. The van der Waals surface area contributed by atoms with Crippen molar-refractivity contribution in [2.45, 2.75) is 21.7 Å². The van der Waals surface area contributed by atoms with Gasteiger partial charge in [0.1, 0.15) is 9.70 Å². The van der Waals surface area contributed by atoms with Crippen molar-refractivity contribution in [1.29, 1.82) is 0 Å². The summed E-state index contributed by atoms with van der Waals surface area (Å²) in [4.78, 5) is 0. The molecule has 1 nitrogen and oxygen atoms in total. The fraction of sp³-hybridized carbons (Fsp3) is 1.00. The predicted octanol–water partition coefficient (Wildman–Crippen LogP) is 11.1. The zero-order valence-corrected chi connectivity index (χ0v) is 33.4. The highest BCUT2D eigenvalue weighted by Gasteiger charge is 2.76. The van der Waals surface area contributed by atoms with Gasteiger partial charge in [0.25, 0.3) is 0 Å². The van der Waals surface area contributed by atoms with E-state index in [9.17, 15) is 5.11 Å². The third kappa shape index (κ3) is 5.75.